The second kappa shape index (κ2) is 6.10. The number of amides is 1. The van der Waals surface area contributed by atoms with E-state index >= 15 is 0 Å². The molecule has 1 aliphatic heterocycles. The predicted molar refractivity (Wildman–Crippen MR) is 84.0 cm³/mol. The van der Waals surface area contributed by atoms with Crippen molar-refractivity contribution in [1.82, 2.24) is 9.78 Å². The Hall–Kier alpha value is -2.85. The minimum Gasteiger partial charge on any atom is -0.382 e. The average molecular weight is 330 g/mol. The number of anilines is 1. The first kappa shape index (κ1) is 15.1. The van der Waals surface area contributed by atoms with Gasteiger partial charge in [0.2, 0.25) is 6.10 Å². The Kier molecular flexibility index (Phi) is 4.00. The molecule has 1 aromatic heterocycles. The Labute approximate surface area is 137 Å². The van der Waals surface area contributed by atoms with Crippen LogP contribution >= 0.6 is 11.6 Å². The van der Waals surface area contributed by atoms with E-state index in [9.17, 15) is 4.79 Å². The van der Waals surface area contributed by atoms with Crippen LogP contribution in [0.2, 0.25) is 5.02 Å². The second-order valence-electron chi connectivity index (χ2n) is 4.95. The third kappa shape index (κ3) is 2.89. The lowest BCUT2D eigenvalue weighted by atomic mass is 10.0. The van der Waals surface area contributed by atoms with E-state index in [0.717, 1.165) is 5.56 Å². The quantitative estimate of drug-likeness (QED) is 0.933. The number of nitrogens with one attached hydrogen (secondary N) is 1. The minimum absolute atomic E-state index is 0.283. The SMILES string of the molecule is Cn1ncc(C#N)c1NC(=O)[C@H]1CC(c2ccccc2Cl)=NO1. The fourth-order valence-electron chi connectivity index (χ4n) is 2.24. The summed E-state index contributed by atoms with van der Waals surface area (Å²) in [4.78, 5) is 17.5. The number of nitrogens with zero attached hydrogens (tertiary/aromatic N) is 4. The van der Waals surface area contributed by atoms with Crippen LogP contribution in [-0.2, 0) is 16.7 Å². The number of aryl methyl sites for hydroxylation is 1. The lowest BCUT2D eigenvalue weighted by Gasteiger charge is -2.10. The molecule has 0 bridgehead atoms. The van der Waals surface area contributed by atoms with Gasteiger partial charge in [0.05, 0.1) is 11.9 Å². The third-order valence-electron chi connectivity index (χ3n) is 3.45. The zero-order valence-corrected chi connectivity index (χ0v) is 12.9. The molecule has 0 unspecified atom stereocenters. The van der Waals surface area contributed by atoms with Crippen LogP contribution in [0.3, 0.4) is 0 Å². The lowest BCUT2D eigenvalue weighted by Crippen LogP contribution is -2.29. The Bertz CT molecular complexity index is 837. The van der Waals surface area contributed by atoms with Gasteiger partial charge in [0.1, 0.15) is 17.5 Å². The maximum atomic E-state index is 12.3. The number of rotatable bonds is 3. The van der Waals surface area contributed by atoms with Gasteiger partial charge in [-0.3, -0.25) is 9.48 Å². The van der Waals surface area contributed by atoms with Crippen molar-refractivity contribution in [2.45, 2.75) is 12.5 Å². The molecule has 0 fully saturated rings. The van der Waals surface area contributed by atoms with Crippen LogP contribution in [0.15, 0.2) is 35.6 Å². The second-order valence-corrected chi connectivity index (χ2v) is 5.35. The summed E-state index contributed by atoms with van der Waals surface area (Å²) < 4.78 is 1.42. The summed E-state index contributed by atoms with van der Waals surface area (Å²) in [6.45, 7) is 0. The summed E-state index contributed by atoms with van der Waals surface area (Å²) in [6, 6.07) is 9.20. The minimum atomic E-state index is -0.775. The molecule has 1 aliphatic rings. The molecule has 7 nitrogen and oxygen atoms in total. The zero-order chi connectivity index (χ0) is 16.4. The van der Waals surface area contributed by atoms with Gasteiger partial charge in [-0.1, -0.05) is 35.0 Å². The summed E-state index contributed by atoms with van der Waals surface area (Å²) in [7, 11) is 1.64. The number of carbonyl (C=O) groups excluding carboxylic acids is 1. The van der Waals surface area contributed by atoms with E-state index in [0.29, 0.717) is 23.0 Å². The molecular weight excluding hydrogens is 318 g/mol. The van der Waals surface area contributed by atoms with E-state index in [1.54, 1.807) is 13.1 Å². The molecule has 0 radical (unpaired) electrons. The molecule has 1 atom stereocenters. The summed E-state index contributed by atoms with van der Waals surface area (Å²) in [5.41, 5.74) is 1.63. The normalized spacial score (nSPS) is 16.4. The number of halogens is 1. The van der Waals surface area contributed by atoms with Crippen molar-refractivity contribution in [2.24, 2.45) is 12.2 Å². The van der Waals surface area contributed by atoms with Crippen molar-refractivity contribution in [3.8, 4) is 6.07 Å². The molecule has 0 aliphatic carbocycles. The number of aromatic nitrogens is 2. The first-order chi connectivity index (χ1) is 11.1. The predicted octanol–water partition coefficient (Wildman–Crippen LogP) is 2.08. The molecule has 0 spiro atoms. The molecule has 23 heavy (non-hydrogen) atoms. The molecule has 0 saturated heterocycles. The van der Waals surface area contributed by atoms with Gasteiger partial charge in [-0.15, -0.1) is 0 Å². The third-order valence-corrected chi connectivity index (χ3v) is 3.78. The van der Waals surface area contributed by atoms with Crippen molar-refractivity contribution in [3.05, 3.63) is 46.6 Å². The maximum Gasteiger partial charge on any atom is 0.269 e. The standard InChI is InChI=1S/C15H12ClN5O2/c1-21-14(9(7-17)8-18-21)19-15(22)13-6-12(20-23-13)10-4-2-3-5-11(10)16/h2-5,8,13H,6H2,1H3,(H,19,22)/t13-/m1/s1. The Morgan fingerprint density at radius 1 is 1.52 bits per heavy atom. The van der Waals surface area contributed by atoms with Gasteiger partial charge < -0.3 is 10.2 Å². The summed E-state index contributed by atoms with van der Waals surface area (Å²) in [6.07, 6.45) is 0.911. The molecule has 3 rings (SSSR count). The summed E-state index contributed by atoms with van der Waals surface area (Å²) in [5.74, 6) is -0.0665. The molecule has 1 aromatic carbocycles. The van der Waals surface area contributed by atoms with E-state index in [2.05, 4.69) is 15.6 Å². The first-order valence-electron chi connectivity index (χ1n) is 6.80. The van der Waals surface area contributed by atoms with Crippen molar-refractivity contribution >= 4 is 29.0 Å². The molecule has 2 aromatic rings. The topological polar surface area (TPSA) is 92.3 Å². The highest BCUT2D eigenvalue weighted by Crippen LogP contribution is 2.24. The van der Waals surface area contributed by atoms with Crippen molar-refractivity contribution < 1.29 is 9.63 Å². The van der Waals surface area contributed by atoms with Gasteiger partial charge in [0, 0.05) is 24.1 Å². The Morgan fingerprint density at radius 2 is 2.30 bits per heavy atom. The highest BCUT2D eigenvalue weighted by Gasteiger charge is 2.30. The molecule has 1 N–H and O–H groups in total. The number of benzene rings is 1. The van der Waals surface area contributed by atoms with E-state index in [1.807, 2.05) is 24.3 Å². The van der Waals surface area contributed by atoms with Gasteiger partial charge in [-0.05, 0) is 6.07 Å². The largest absolute Gasteiger partial charge is 0.382 e. The lowest BCUT2D eigenvalue weighted by molar-refractivity contribution is -0.125. The Morgan fingerprint density at radius 3 is 3.04 bits per heavy atom. The van der Waals surface area contributed by atoms with Crippen molar-refractivity contribution in [2.75, 3.05) is 5.32 Å². The Balaban J connectivity index is 1.71. The van der Waals surface area contributed by atoms with Crippen LogP contribution < -0.4 is 5.32 Å². The van der Waals surface area contributed by atoms with Crippen LogP contribution in [0, 0.1) is 11.3 Å². The number of carbonyl (C=O) groups is 1. The van der Waals surface area contributed by atoms with E-state index < -0.39 is 12.0 Å². The van der Waals surface area contributed by atoms with Crippen LogP contribution in [0.4, 0.5) is 5.82 Å². The highest BCUT2D eigenvalue weighted by molar-refractivity contribution is 6.34. The summed E-state index contributed by atoms with van der Waals surface area (Å²) in [5, 5.41) is 20.1. The fraction of sp³-hybridized carbons (Fsp3) is 0.200. The smallest absolute Gasteiger partial charge is 0.269 e. The van der Waals surface area contributed by atoms with E-state index in [4.69, 9.17) is 21.7 Å². The fourth-order valence-corrected chi connectivity index (χ4v) is 2.48. The van der Waals surface area contributed by atoms with Gasteiger partial charge in [0.25, 0.3) is 5.91 Å². The zero-order valence-electron chi connectivity index (χ0n) is 12.2. The molecule has 1 amide bonds. The van der Waals surface area contributed by atoms with E-state index in [1.165, 1.54) is 10.9 Å². The molecule has 2 heterocycles. The van der Waals surface area contributed by atoms with Crippen molar-refractivity contribution in [1.29, 1.82) is 5.26 Å². The first-order valence-corrected chi connectivity index (χ1v) is 7.18. The van der Waals surface area contributed by atoms with Crippen molar-refractivity contribution in [3.63, 3.8) is 0 Å². The van der Waals surface area contributed by atoms with Crippen LogP contribution in [0.5, 0.6) is 0 Å². The monoisotopic (exact) mass is 329 g/mol. The average Bonchev–Trinajstić information content (AvgIpc) is 3.16. The summed E-state index contributed by atoms with van der Waals surface area (Å²) >= 11 is 6.12. The molecule has 8 heteroatoms. The number of nitriles is 1. The van der Waals surface area contributed by atoms with Crippen LogP contribution in [0.1, 0.15) is 17.5 Å². The van der Waals surface area contributed by atoms with Gasteiger partial charge in [-0.25, -0.2) is 0 Å². The molecule has 116 valence electrons. The number of hydrogen-bond donors (Lipinski definition) is 1. The number of oxime groups is 1. The maximum absolute atomic E-state index is 12.3. The van der Waals surface area contributed by atoms with E-state index in [-0.39, 0.29) is 5.56 Å². The van der Waals surface area contributed by atoms with Gasteiger partial charge >= 0.3 is 0 Å². The highest BCUT2D eigenvalue weighted by atomic mass is 35.5. The van der Waals surface area contributed by atoms with Crippen LogP contribution in [0.25, 0.3) is 0 Å². The molecular formula is C15H12ClN5O2. The van der Waals surface area contributed by atoms with Gasteiger partial charge in [0.15, 0.2) is 0 Å². The molecule has 0 saturated carbocycles. The van der Waals surface area contributed by atoms with Crippen LogP contribution in [-0.4, -0.2) is 27.5 Å². The van der Waals surface area contributed by atoms with Gasteiger partial charge in [-0.2, -0.15) is 10.4 Å². The number of hydrogen-bond acceptors (Lipinski definition) is 5.